The zero-order valence-electron chi connectivity index (χ0n) is 40.1. The van der Waals surface area contributed by atoms with Gasteiger partial charge in [0.1, 0.15) is 29.8 Å². The van der Waals surface area contributed by atoms with Gasteiger partial charge in [-0.25, -0.2) is 0 Å². The van der Waals surface area contributed by atoms with Gasteiger partial charge in [-0.3, -0.25) is 28.8 Å². The summed E-state index contributed by atoms with van der Waals surface area (Å²) in [5.41, 5.74) is 1.12. The van der Waals surface area contributed by atoms with Gasteiger partial charge in [-0.2, -0.15) is 0 Å². The third kappa shape index (κ3) is 12.5. The number of para-hydroxylation sites is 1. The first-order valence-electron chi connectivity index (χ1n) is 24.0. The molecule has 13 heteroatoms. The van der Waals surface area contributed by atoms with Crippen LogP contribution in [-0.2, 0) is 46.0 Å². The van der Waals surface area contributed by atoms with Crippen molar-refractivity contribution in [2.75, 3.05) is 11.9 Å². The Morgan fingerprint density at radius 1 is 0.776 bits per heavy atom. The molecular weight excluding hydrogens is 859 g/mol. The van der Waals surface area contributed by atoms with Crippen molar-refractivity contribution in [3.05, 3.63) is 126 Å². The van der Waals surface area contributed by atoms with Crippen LogP contribution in [0.3, 0.4) is 0 Å². The number of amides is 5. The van der Waals surface area contributed by atoms with Gasteiger partial charge in [-0.05, 0) is 91.0 Å². The number of benzene rings is 4. The molecule has 0 aromatic heterocycles. The van der Waals surface area contributed by atoms with Crippen molar-refractivity contribution in [3.63, 3.8) is 0 Å². The summed E-state index contributed by atoms with van der Waals surface area (Å²) in [4.78, 5) is 84.4. The fraction of sp³-hybridized carbons (Fsp3) is 0.444. The highest BCUT2D eigenvalue weighted by molar-refractivity contribution is 6.99. The zero-order chi connectivity index (χ0) is 48.2. The lowest BCUT2D eigenvalue weighted by Gasteiger charge is -2.44. The summed E-state index contributed by atoms with van der Waals surface area (Å²) in [6, 6.07) is 34.7. The van der Waals surface area contributed by atoms with E-state index in [2.05, 4.69) is 66.3 Å². The number of ketones is 1. The number of nitrogens with one attached hydrogen (secondary N) is 4. The van der Waals surface area contributed by atoms with E-state index < -0.39 is 55.8 Å². The number of aryl methyl sites for hydroxylation is 1. The third-order valence-electron chi connectivity index (χ3n) is 13.5. The van der Waals surface area contributed by atoms with Crippen LogP contribution in [0, 0.1) is 0 Å². The molecule has 2 saturated heterocycles. The summed E-state index contributed by atoms with van der Waals surface area (Å²) >= 11 is 0. The van der Waals surface area contributed by atoms with E-state index in [1.807, 2.05) is 97.9 Å². The van der Waals surface area contributed by atoms with Crippen LogP contribution in [0.5, 0.6) is 0 Å². The molecule has 67 heavy (non-hydrogen) atoms. The Morgan fingerprint density at radius 3 is 1.97 bits per heavy atom. The van der Waals surface area contributed by atoms with Crippen LogP contribution in [0.4, 0.5) is 5.69 Å². The second kappa shape index (κ2) is 22.7. The maximum atomic E-state index is 14.4. The number of hydrogen-bond donors (Lipinski definition) is 4. The Hall–Kier alpha value is -5.92. The van der Waals surface area contributed by atoms with Crippen molar-refractivity contribution in [1.82, 2.24) is 20.9 Å². The second-order valence-corrected chi connectivity index (χ2v) is 23.6. The summed E-state index contributed by atoms with van der Waals surface area (Å²) in [5, 5.41) is 13.7. The minimum Gasteiger partial charge on any atom is -0.398 e. The van der Waals surface area contributed by atoms with Crippen LogP contribution in [0.1, 0.15) is 110 Å². The Kier molecular flexibility index (Phi) is 17.1. The Labute approximate surface area is 397 Å². The maximum Gasteiger partial charge on any atom is 0.262 e. The summed E-state index contributed by atoms with van der Waals surface area (Å²) in [6.45, 7) is 12.2. The first kappa shape index (κ1) is 50.5. The van der Waals surface area contributed by atoms with Crippen molar-refractivity contribution in [2.24, 2.45) is 0 Å². The molecule has 0 spiro atoms. The molecule has 0 saturated carbocycles. The highest BCUT2D eigenvalue weighted by atomic mass is 28.4. The van der Waals surface area contributed by atoms with E-state index in [4.69, 9.17) is 4.43 Å². The maximum absolute atomic E-state index is 14.4. The largest absolute Gasteiger partial charge is 0.398 e. The van der Waals surface area contributed by atoms with E-state index in [1.165, 1.54) is 0 Å². The van der Waals surface area contributed by atoms with E-state index in [0.717, 1.165) is 27.2 Å². The number of anilines is 1. The van der Waals surface area contributed by atoms with Gasteiger partial charge in [-0.15, -0.1) is 0 Å². The quantitative estimate of drug-likeness (QED) is 0.0651. The lowest BCUT2D eigenvalue weighted by Crippen LogP contribution is -2.68. The van der Waals surface area contributed by atoms with Crippen LogP contribution in [0.15, 0.2) is 115 Å². The van der Waals surface area contributed by atoms with Crippen molar-refractivity contribution >= 4 is 59.7 Å². The fourth-order valence-electron chi connectivity index (χ4n) is 9.35. The van der Waals surface area contributed by atoms with Crippen LogP contribution < -0.4 is 31.6 Å². The number of Topliss-reactive ketones (excluding diaryl/α,β-unsaturated/α-hetero) is 1. The van der Waals surface area contributed by atoms with Gasteiger partial charge in [-0.1, -0.05) is 144 Å². The van der Waals surface area contributed by atoms with E-state index in [9.17, 15) is 28.8 Å². The predicted octanol–water partition coefficient (Wildman–Crippen LogP) is 6.54. The third-order valence-corrected chi connectivity index (χ3v) is 18.6. The summed E-state index contributed by atoms with van der Waals surface area (Å²) in [7, 11) is -2.93. The van der Waals surface area contributed by atoms with Crippen molar-refractivity contribution < 1.29 is 33.2 Å². The Balaban J connectivity index is 1.07. The number of carbonyl (C=O) groups is 6. The molecule has 12 nitrogen and oxygen atoms in total. The number of rotatable bonds is 18. The number of fused-ring (bicyclic) bond motifs is 1. The van der Waals surface area contributed by atoms with Gasteiger partial charge >= 0.3 is 0 Å². The average molecular weight is 928 g/mol. The smallest absolute Gasteiger partial charge is 0.262 e. The van der Waals surface area contributed by atoms with Crippen LogP contribution in [0.2, 0.25) is 5.04 Å². The topological polar surface area (TPSA) is 163 Å². The van der Waals surface area contributed by atoms with Crippen molar-refractivity contribution in [1.29, 1.82) is 0 Å². The molecule has 2 fully saturated rings. The van der Waals surface area contributed by atoms with E-state index in [-0.39, 0.29) is 41.9 Å². The van der Waals surface area contributed by atoms with E-state index in [1.54, 1.807) is 18.7 Å². The van der Waals surface area contributed by atoms with Gasteiger partial charge in [0.2, 0.25) is 29.5 Å². The first-order chi connectivity index (χ1) is 32.0. The van der Waals surface area contributed by atoms with Gasteiger partial charge in [0.05, 0.1) is 0 Å². The van der Waals surface area contributed by atoms with Gasteiger partial charge in [0.25, 0.3) is 8.32 Å². The standard InChI is InChI=1S/C54H69N5O7Si/c1-7-54(6)52(65)57-45(37-40-32-30-39(31-33-40)34-35-48(61)55-41-21-12-8-13-22-41)51(64)59-36-20-28-46(59)50(63)56-44(49(62)58-54)27-18-11-19-29-47(60)38(2)66-67(53(3,4)5,42-23-14-9-15-24-42)43-25-16-10-17-26-43/h8-10,12-17,21-26,30-33,38,44-46H,7,11,18-20,27-29,34-37H2,1-6H3,(H,55,61)(H,56,63)(H,57,65)(H,58,62)/t38-,44-,45-,46+,54-/m0/s1. The molecule has 2 heterocycles. The molecule has 5 atom stereocenters. The summed E-state index contributed by atoms with van der Waals surface area (Å²) in [5.74, 6) is -1.80. The minimum atomic E-state index is -2.93. The molecule has 4 N–H and O–H groups in total. The normalized spacial score (nSPS) is 20.9. The highest BCUT2D eigenvalue weighted by Gasteiger charge is 2.51. The molecule has 6 rings (SSSR count). The van der Waals surface area contributed by atoms with Gasteiger partial charge < -0.3 is 30.6 Å². The molecule has 0 radical (unpaired) electrons. The molecule has 5 amide bonds. The average Bonchev–Trinajstić information content (AvgIpc) is 3.82. The lowest BCUT2D eigenvalue weighted by atomic mass is 9.94. The fourth-order valence-corrected chi connectivity index (χ4v) is 14.0. The van der Waals surface area contributed by atoms with Crippen LogP contribution in [0.25, 0.3) is 0 Å². The molecule has 4 aromatic carbocycles. The van der Waals surface area contributed by atoms with Gasteiger partial charge in [0.15, 0.2) is 5.78 Å². The number of carbonyl (C=O) groups excluding carboxylic acids is 6. The minimum absolute atomic E-state index is 0.0108. The van der Waals surface area contributed by atoms with Crippen LogP contribution in [-0.4, -0.2) is 84.8 Å². The molecule has 2 aliphatic heterocycles. The Morgan fingerprint density at radius 2 is 1.37 bits per heavy atom. The highest BCUT2D eigenvalue weighted by Crippen LogP contribution is 2.38. The predicted molar refractivity (Wildman–Crippen MR) is 265 cm³/mol. The molecule has 0 bridgehead atoms. The number of unbranched alkanes of at least 4 members (excludes halogenated alkanes) is 2. The second-order valence-electron chi connectivity index (χ2n) is 19.4. The lowest BCUT2D eigenvalue weighted by molar-refractivity contribution is -0.144. The van der Waals surface area contributed by atoms with Gasteiger partial charge in [0, 0.05) is 31.5 Å². The van der Waals surface area contributed by atoms with Crippen molar-refractivity contribution in [3.8, 4) is 0 Å². The monoisotopic (exact) mass is 927 g/mol. The Bertz CT molecular complexity index is 2280. The molecule has 0 unspecified atom stereocenters. The molecule has 2 aliphatic rings. The SMILES string of the molecule is CC[C@]1(C)NC(=O)[C@H](CCCCCC(=O)[C@H](C)O[Si](c2ccccc2)(c2ccccc2)C(C)(C)C)NC(=O)[C@H]2CCCN2C(=O)[C@H](Cc2ccc(CCC(=O)Nc3ccccc3)cc2)NC1=O. The van der Waals surface area contributed by atoms with E-state index >= 15 is 0 Å². The summed E-state index contributed by atoms with van der Waals surface area (Å²) < 4.78 is 7.05. The molecule has 4 aromatic rings. The molecule has 0 aliphatic carbocycles. The molecular formula is C54H69N5O7Si. The van der Waals surface area contributed by atoms with Crippen molar-refractivity contribution in [2.45, 2.75) is 147 Å². The zero-order valence-corrected chi connectivity index (χ0v) is 41.1. The van der Waals surface area contributed by atoms with Crippen LogP contribution >= 0.6 is 0 Å². The first-order valence-corrected chi connectivity index (χ1v) is 25.9. The summed E-state index contributed by atoms with van der Waals surface area (Å²) in [6.07, 6.45) is 3.96. The number of nitrogens with zero attached hydrogens (tertiary/aromatic N) is 1. The number of hydrogen-bond acceptors (Lipinski definition) is 7. The molecule has 356 valence electrons. The van der Waals surface area contributed by atoms with E-state index in [0.29, 0.717) is 57.9 Å².